The van der Waals surface area contributed by atoms with Gasteiger partial charge in [0, 0.05) is 17.0 Å². The molecule has 0 heterocycles. The summed E-state index contributed by atoms with van der Waals surface area (Å²) < 4.78 is 5.21. The van der Waals surface area contributed by atoms with Crippen molar-refractivity contribution >= 4 is 29.5 Å². The van der Waals surface area contributed by atoms with E-state index < -0.39 is 5.97 Å². The zero-order valence-electron chi connectivity index (χ0n) is 16.8. The van der Waals surface area contributed by atoms with Crippen molar-refractivity contribution < 1.29 is 19.1 Å². The Kier molecular flexibility index (Phi) is 8.83. The van der Waals surface area contributed by atoms with Gasteiger partial charge in [0.25, 0.3) is 5.91 Å². The SMILES string of the molecule is CC(C)NC(=O)CSc1ccccc1C(=O)OCC(=O)N[C@@H]1CCCC[C@@H]1C. The van der Waals surface area contributed by atoms with Crippen molar-refractivity contribution in [2.75, 3.05) is 12.4 Å². The van der Waals surface area contributed by atoms with Crippen molar-refractivity contribution in [3.63, 3.8) is 0 Å². The van der Waals surface area contributed by atoms with Crippen LogP contribution in [0.1, 0.15) is 56.8 Å². The number of hydrogen-bond acceptors (Lipinski definition) is 5. The van der Waals surface area contributed by atoms with Gasteiger partial charge in [-0.1, -0.05) is 31.9 Å². The first-order valence-electron chi connectivity index (χ1n) is 9.84. The molecule has 0 bridgehead atoms. The molecule has 7 heteroatoms. The molecule has 1 aliphatic rings. The Hall–Kier alpha value is -2.02. The molecule has 1 aromatic rings. The molecule has 154 valence electrons. The van der Waals surface area contributed by atoms with Crippen molar-refractivity contribution in [2.24, 2.45) is 5.92 Å². The first kappa shape index (κ1) is 22.3. The Labute approximate surface area is 171 Å². The second-order valence-electron chi connectivity index (χ2n) is 7.52. The third-order valence-corrected chi connectivity index (χ3v) is 5.78. The van der Waals surface area contributed by atoms with Crippen LogP contribution in [0.4, 0.5) is 0 Å². The molecule has 0 radical (unpaired) electrons. The predicted octanol–water partition coefficient (Wildman–Crippen LogP) is 3.16. The molecule has 2 N–H and O–H groups in total. The molecule has 28 heavy (non-hydrogen) atoms. The fourth-order valence-corrected chi connectivity index (χ4v) is 4.11. The van der Waals surface area contributed by atoms with E-state index in [1.807, 2.05) is 13.8 Å². The molecular formula is C21H30N2O4S. The van der Waals surface area contributed by atoms with Crippen molar-refractivity contribution in [1.29, 1.82) is 0 Å². The summed E-state index contributed by atoms with van der Waals surface area (Å²) in [7, 11) is 0. The number of esters is 1. The largest absolute Gasteiger partial charge is 0.452 e. The molecule has 2 amide bonds. The van der Waals surface area contributed by atoms with Gasteiger partial charge in [-0.05, 0) is 44.7 Å². The van der Waals surface area contributed by atoms with E-state index in [-0.39, 0.29) is 36.3 Å². The van der Waals surface area contributed by atoms with Gasteiger partial charge in [-0.3, -0.25) is 9.59 Å². The summed E-state index contributed by atoms with van der Waals surface area (Å²) in [6.45, 7) is 5.63. The maximum Gasteiger partial charge on any atom is 0.339 e. The number of amides is 2. The minimum absolute atomic E-state index is 0.0682. The molecule has 0 spiro atoms. The highest BCUT2D eigenvalue weighted by Crippen LogP contribution is 2.24. The highest BCUT2D eigenvalue weighted by Gasteiger charge is 2.23. The van der Waals surface area contributed by atoms with Gasteiger partial charge in [-0.2, -0.15) is 0 Å². The van der Waals surface area contributed by atoms with Crippen molar-refractivity contribution in [1.82, 2.24) is 10.6 Å². The lowest BCUT2D eigenvalue weighted by Gasteiger charge is -2.29. The Morgan fingerprint density at radius 1 is 1.14 bits per heavy atom. The van der Waals surface area contributed by atoms with E-state index >= 15 is 0 Å². The van der Waals surface area contributed by atoms with E-state index in [4.69, 9.17) is 4.74 Å². The third-order valence-electron chi connectivity index (χ3n) is 4.71. The molecule has 2 atom stereocenters. The number of nitrogens with one attached hydrogen (secondary N) is 2. The number of ether oxygens (including phenoxy) is 1. The second-order valence-corrected chi connectivity index (χ2v) is 8.54. The fourth-order valence-electron chi connectivity index (χ4n) is 3.26. The maximum absolute atomic E-state index is 12.4. The Morgan fingerprint density at radius 3 is 2.57 bits per heavy atom. The van der Waals surface area contributed by atoms with Gasteiger partial charge in [0.05, 0.1) is 11.3 Å². The summed E-state index contributed by atoms with van der Waals surface area (Å²) in [4.78, 5) is 37.1. The average molecular weight is 407 g/mol. The van der Waals surface area contributed by atoms with Gasteiger partial charge in [-0.15, -0.1) is 11.8 Å². The van der Waals surface area contributed by atoms with Crippen LogP contribution in [0, 0.1) is 5.92 Å². The normalized spacial score (nSPS) is 19.1. The van der Waals surface area contributed by atoms with Gasteiger partial charge < -0.3 is 15.4 Å². The summed E-state index contributed by atoms with van der Waals surface area (Å²) in [6.07, 6.45) is 4.40. The van der Waals surface area contributed by atoms with Crippen molar-refractivity contribution in [3.05, 3.63) is 29.8 Å². The molecule has 1 fully saturated rings. The molecule has 0 saturated heterocycles. The predicted molar refractivity (Wildman–Crippen MR) is 110 cm³/mol. The molecule has 1 aliphatic carbocycles. The Balaban J connectivity index is 1.86. The zero-order chi connectivity index (χ0) is 20.5. The van der Waals surface area contributed by atoms with E-state index in [0.717, 1.165) is 19.3 Å². The van der Waals surface area contributed by atoms with Crippen molar-refractivity contribution in [2.45, 2.75) is 63.4 Å². The fraction of sp³-hybridized carbons (Fsp3) is 0.571. The van der Waals surface area contributed by atoms with Crippen LogP contribution in [0.2, 0.25) is 0 Å². The lowest BCUT2D eigenvalue weighted by atomic mass is 9.86. The Morgan fingerprint density at radius 2 is 1.86 bits per heavy atom. The van der Waals surface area contributed by atoms with E-state index in [2.05, 4.69) is 17.6 Å². The van der Waals surface area contributed by atoms with Crippen LogP contribution >= 0.6 is 11.8 Å². The first-order valence-corrected chi connectivity index (χ1v) is 10.8. The second kappa shape index (κ2) is 11.1. The summed E-state index contributed by atoms with van der Waals surface area (Å²) in [5.41, 5.74) is 0.365. The summed E-state index contributed by atoms with van der Waals surface area (Å²) in [5.74, 6) is -0.262. The minimum Gasteiger partial charge on any atom is -0.452 e. The molecule has 6 nitrogen and oxygen atoms in total. The minimum atomic E-state index is -0.556. The number of thioether (sulfide) groups is 1. The number of carbonyl (C=O) groups is 3. The molecule has 1 saturated carbocycles. The van der Waals surface area contributed by atoms with Crippen LogP contribution < -0.4 is 10.6 Å². The number of benzene rings is 1. The number of rotatable bonds is 8. The molecule has 2 rings (SSSR count). The van der Waals surface area contributed by atoms with Crippen LogP contribution in [0.15, 0.2) is 29.2 Å². The van der Waals surface area contributed by atoms with Gasteiger partial charge in [0.2, 0.25) is 5.91 Å². The zero-order valence-corrected chi connectivity index (χ0v) is 17.6. The molecule has 1 aromatic carbocycles. The molecule has 0 aliphatic heterocycles. The maximum atomic E-state index is 12.4. The highest BCUT2D eigenvalue weighted by molar-refractivity contribution is 8.00. The third kappa shape index (κ3) is 7.19. The van der Waals surface area contributed by atoms with Crippen LogP contribution in [0.25, 0.3) is 0 Å². The number of hydrogen-bond donors (Lipinski definition) is 2. The van der Waals surface area contributed by atoms with Crippen LogP contribution in [-0.4, -0.2) is 42.2 Å². The average Bonchev–Trinajstić information content (AvgIpc) is 2.66. The molecule has 0 unspecified atom stereocenters. The monoisotopic (exact) mass is 406 g/mol. The summed E-state index contributed by atoms with van der Waals surface area (Å²) >= 11 is 1.28. The number of carbonyl (C=O) groups excluding carboxylic acids is 3. The quantitative estimate of drug-likeness (QED) is 0.512. The molecule has 0 aromatic heterocycles. The lowest BCUT2D eigenvalue weighted by Crippen LogP contribution is -2.42. The van der Waals surface area contributed by atoms with Gasteiger partial charge in [0.1, 0.15) is 0 Å². The smallest absolute Gasteiger partial charge is 0.339 e. The topological polar surface area (TPSA) is 84.5 Å². The van der Waals surface area contributed by atoms with Crippen LogP contribution in [-0.2, 0) is 14.3 Å². The van der Waals surface area contributed by atoms with E-state index in [0.29, 0.717) is 16.4 Å². The lowest BCUT2D eigenvalue weighted by molar-refractivity contribution is -0.125. The van der Waals surface area contributed by atoms with Crippen LogP contribution in [0.5, 0.6) is 0 Å². The standard InChI is InChI=1S/C21H30N2O4S/c1-14(2)22-20(25)13-28-18-11-7-5-9-16(18)21(26)27-12-19(24)23-17-10-6-4-8-15(17)3/h5,7,9,11,14-15,17H,4,6,8,10,12-13H2,1-3H3,(H,22,25)(H,23,24)/t15-,17+/m0/s1. The van der Waals surface area contributed by atoms with E-state index in [9.17, 15) is 14.4 Å². The first-order chi connectivity index (χ1) is 13.4. The molecular weight excluding hydrogens is 376 g/mol. The van der Waals surface area contributed by atoms with Gasteiger partial charge in [-0.25, -0.2) is 4.79 Å². The van der Waals surface area contributed by atoms with E-state index in [1.54, 1.807) is 24.3 Å². The van der Waals surface area contributed by atoms with Gasteiger partial charge >= 0.3 is 5.97 Å². The Bertz CT molecular complexity index is 693. The van der Waals surface area contributed by atoms with E-state index in [1.165, 1.54) is 18.2 Å². The summed E-state index contributed by atoms with van der Waals surface area (Å²) in [5, 5.41) is 5.79. The van der Waals surface area contributed by atoms with Crippen molar-refractivity contribution in [3.8, 4) is 0 Å². The van der Waals surface area contributed by atoms with Crippen LogP contribution in [0.3, 0.4) is 0 Å². The summed E-state index contributed by atoms with van der Waals surface area (Å²) in [6, 6.07) is 7.18. The van der Waals surface area contributed by atoms with Gasteiger partial charge in [0.15, 0.2) is 6.61 Å². The highest BCUT2D eigenvalue weighted by atomic mass is 32.2.